The zero-order chi connectivity index (χ0) is 15.4. The van der Waals surface area contributed by atoms with Gasteiger partial charge in [0.1, 0.15) is 0 Å². The highest BCUT2D eigenvalue weighted by molar-refractivity contribution is 5.66. The largest absolute Gasteiger partial charge is 0.332 e. The minimum Gasteiger partial charge on any atom is -0.332 e. The monoisotopic (exact) mass is 287 g/mol. The molecule has 0 bridgehead atoms. The molecule has 0 heterocycles. The van der Waals surface area contributed by atoms with Crippen molar-refractivity contribution in [2.24, 2.45) is 0 Å². The van der Waals surface area contributed by atoms with Gasteiger partial charge in [-0.25, -0.2) is 0 Å². The molecule has 110 valence electrons. The molecule has 3 aromatic carbocycles. The van der Waals surface area contributed by atoms with E-state index in [2.05, 4.69) is 110 Å². The van der Waals surface area contributed by atoms with Crippen LogP contribution in [0.1, 0.15) is 19.4 Å². The zero-order valence-electron chi connectivity index (χ0n) is 13.1. The van der Waals surface area contributed by atoms with Gasteiger partial charge in [0, 0.05) is 11.4 Å². The van der Waals surface area contributed by atoms with E-state index in [9.17, 15) is 0 Å². The highest BCUT2D eigenvalue weighted by atomic mass is 15.2. The summed E-state index contributed by atoms with van der Waals surface area (Å²) in [6.07, 6.45) is 0. The standard InChI is InChI=1S/C21H21N/c1-21(2,18-12-6-3-7-13-18)22(19-14-8-4-9-15-19)20-16-10-5-11-17-20/h3-17H,1-2H3. The molecule has 1 heteroatoms. The Morgan fingerprint density at radius 1 is 0.545 bits per heavy atom. The minimum absolute atomic E-state index is 0.149. The van der Waals surface area contributed by atoms with Crippen LogP contribution in [-0.4, -0.2) is 0 Å². The van der Waals surface area contributed by atoms with Crippen molar-refractivity contribution in [1.29, 1.82) is 0 Å². The third-order valence-electron chi connectivity index (χ3n) is 4.07. The van der Waals surface area contributed by atoms with Crippen molar-refractivity contribution in [3.63, 3.8) is 0 Å². The predicted molar refractivity (Wildman–Crippen MR) is 94.5 cm³/mol. The SMILES string of the molecule is CC(C)(c1ccccc1)N(c1ccccc1)c1ccccc1. The Morgan fingerprint density at radius 3 is 1.32 bits per heavy atom. The maximum atomic E-state index is 2.39. The Hall–Kier alpha value is -2.54. The van der Waals surface area contributed by atoms with E-state index < -0.39 is 0 Å². The van der Waals surface area contributed by atoms with Crippen LogP contribution in [0.3, 0.4) is 0 Å². The molecule has 0 spiro atoms. The predicted octanol–water partition coefficient (Wildman–Crippen LogP) is 5.76. The van der Waals surface area contributed by atoms with Crippen LogP contribution in [0.2, 0.25) is 0 Å². The Labute approximate surface area is 132 Å². The summed E-state index contributed by atoms with van der Waals surface area (Å²) in [4.78, 5) is 2.39. The highest BCUT2D eigenvalue weighted by Gasteiger charge is 2.30. The van der Waals surface area contributed by atoms with Gasteiger partial charge in [-0.05, 0) is 43.7 Å². The molecule has 0 aliphatic heterocycles. The number of hydrogen-bond donors (Lipinski definition) is 0. The van der Waals surface area contributed by atoms with Crippen molar-refractivity contribution in [2.45, 2.75) is 19.4 Å². The van der Waals surface area contributed by atoms with E-state index >= 15 is 0 Å². The van der Waals surface area contributed by atoms with Crippen LogP contribution in [0.5, 0.6) is 0 Å². The van der Waals surface area contributed by atoms with Crippen molar-refractivity contribution < 1.29 is 0 Å². The minimum atomic E-state index is -0.149. The average molecular weight is 287 g/mol. The first-order chi connectivity index (χ1) is 10.7. The number of anilines is 2. The van der Waals surface area contributed by atoms with Gasteiger partial charge in [-0.3, -0.25) is 0 Å². The molecule has 0 aliphatic rings. The first-order valence-corrected chi connectivity index (χ1v) is 7.65. The second kappa shape index (κ2) is 6.07. The van der Waals surface area contributed by atoms with E-state index in [4.69, 9.17) is 0 Å². The normalized spacial score (nSPS) is 11.2. The summed E-state index contributed by atoms with van der Waals surface area (Å²) in [6, 6.07) is 31.8. The van der Waals surface area contributed by atoms with Crippen LogP contribution < -0.4 is 4.90 Å². The molecule has 0 aromatic heterocycles. The van der Waals surface area contributed by atoms with Crippen molar-refractivity contribution in [3.05, 3.63) is 96.6 Å². The lowest BCUT2D eigenvalue weighted by molar-refractivity contribution is 0.536. The molecule has 0 radical (unpaired) electrons. The number of rotatable bonds is 4. The van der Waals surface area contributed by atoms with Gasteiger partial charge in [0.15, 0.2) is 0 Å². The first-order valence-electron chi connectivity index (χ1n) is 7.65. The van der Waals surface area contributed by atoms with Crippen LogP contribution >= 0.6 is 0 Å². The summed E-state index contributed by atoms with van der Waals surface area (Å²) in [7, 11) is 0. The number of hydrogen-bond acceptors (Lipinski definition) is 1. The van der Waals surface area contributed by atoms with E-state index in [0.717, 1.165) is 0 Å². The molecule has 0 aliphatic carbocycles. The van der Waals surface area contributed by atoms with Gasteiger partial charge in [-0.1, -0.05) is 66.7 Å². The summed E-state index contributed by atoms with van der Waals surface area (Å²) < 4.78 is 0. The smallest absolute Gasteiger partial charge is 0.0646 e. The number of para-hydroxylation sites is 2. The van der Waals surface area contributed by atoms with E-state index in [1.807, 2.05) is 0 Å². The molecule has 3 aromatic rings. The van der Waals surface area contributed by atoms with Crippen LogP contribution in [0, 0.1) is 0 Å². The third-order valence-corrected chi connectivity index (χ3v) is 4.07. The molecule has 0 unspecified atom stereocenters. The molecule has 1 nitrogen and oxygen atoms in total. The van der Waals surface area contributed by atoms with Crippen LogP contribution in [-0.2, 0) is 5.54 Å². The lowest BCUT2D eigenvalue weighted by atomic mass is 9.91. The Balaban J connectivity index is 2.14. The number of nitrogens with zero attached hydrogens (tertiary/aromatic N) is 1. The molecular weight excluding hydrogens is 266 g/mol. The van der Waals surface area contributed by atoms with Gasteiger partial charge in [0.25, 0.3) is 0 Å². The second-order valence-corrected chi connectivity index (χ2v) is 5.93. The molecule has 0 N–H and O–H groups in total. The van der Waals surface area contributed by atoms with E-state index in [1.165, 1.54) is 16.9 Å². The second-order valence-electron chi connectivity index (χ2n) is 5.93. The molecule has 0 saturated carbocycles. The fourth-order valence-electron chi connectivity index (χ4n) is 2.92. The van der Waals surface area contributed by atoms with Crippen molar-refractivity contribution in [2.75, 3.05) is 4.90 Å². The zero-order valence-corrected chi connectivity index (χ0v) is 13.1. The fourth-order valence-corrected chi connectivity index (χ4v) is 2.92. The van der Waals surface area contributed by atoms with Gasteiger partial charge in [-0.2, -0.15) is 0 Å². The maximum Gasteiger partial charge on any atom is 0.0646 e. The van der Waals surface area contributed by atoms with Gasteiger partial charge < -0.3 is 4.90 Å². The summed E-state index contributed by atoms with van der Waals surface area (Å²) in [5, 5.41) is 0. The molecule has 3 rings (SSSR count). The van der Waals surface area contributed by atoms with Crippen molar-refractivity contribution in [3.8, 4) is 0 Å². The van der Waals surface area contributed by atoms with Crippen molar-refractivity contribution in [1.82, 2.24) is 0 Å². The molecule has 0 fully saturated rings. The summed E-state index contributed by atoms with van der Waals surface area (Å²) in [6.45, 7) is 4.53. The van der Waals surface area contributed by atoms with E-state index in [0.29, 0.717) is 0 Å². The Morgan fingerprint density at radius 2 is 0.909 bits per heavy atom. The Kier molecular flexibility index (Phi) is 3.97. The molecule has 0 atom stereocenters. The van der Waals surface area contributed by atoms with Gasteiger partial charge in [-0.15, -0.1) is 0 Å². The lowest BCUT2D eigenvalue weighted by Gasteiger charge is -2.41. The summed E-state index contributed by atoms with van der Waals surface area (Å²) >= 11 is 0. The van der Waals surface area contributed by atoms with Gasteiger partial charge in [0.05, 0.1) is 5.54 Å². The topological polar surface area (TPSA) is 3.24 Å². The fraction of sp³-hybridized carbons (Fsp3) is 0.143. The molecule has 0 saturated heterocycles. The molecule has 22 heavy (non-hydrogen) atoms. The highest BCUT2D eigenvalue weighted by Crippen LogP contribution is 2.38. The number of benzene rings is 3. The van der Waals surface area contributed by atoms with Crippen LogP contribution in [0.25, 0.3) is 0 Å². The quantitative estimate of drug-likeness (QED) is 0.589. The average Bonchev–Trinajstić information content (AvgIpc) is 2.58. The van der Waals surface area contributed by atoms with Crippen molar-refractivity contribution >= 4 is 11.4 Å². The Bertz CT molecular complexity index is 663. The lowest BCUT2D eigenvalue weighted by Crippen LogP contribution is -2.38. The summed E-state index contributed by atoms with van der Waals surface area (Å²) in [5.74, 6) is 0. The van der Waals surface area contributed by atoms with E-state index in [1.54, 1.807) is 0 Å². The van der Waals surface area contributed by atoms with Gasteiger partial charge >= 0.3 is 0 Å². The molecular formula is C21H21N. The first kappa shape index (κ1) is 14.4. The maximum absolute atomic E-state index is 2.39. The third kappa shape index (κ3) is 2.75. The van der Waals surface area contributed by atoms with Crippen LogP contribution in [0.4, 0.5) is 11.4 Å². The van der Waals surface area contributed by atoms with Gasteiger partial charge in [0.2, 0.25) is 0 Å². The molecule has 0 amide bonds. The summed E-state index contributed by atoms with van der Waals surface area (Å²) in [5.41, 5.74) is 3.54. The van der Waals surface area contributed by atoms with Crippen LogP contribution in [0.15, 0.2) is 91.0 Å². The van der Waals surface area contributed by atoms with E-state index in [-0.39, 0.29) is 5.54 Å².